The molecule has 0 radical (unpaired) electrons. The van der Waals surface area contributed by atoms with E-state index in [4.69, 9.17) is 6.58 Å². The molecule has 0 aromatic carbocycles. The molecule has 0 aromatic rings. The van der Waals surface area contributed by atoms with Crippen LogP contribution in [0.2, 0.25) is 0 Å². The van der Waals surface area contributed by atoms with Crippen molar-refractivity contribution in [1.29, 1.82) is 0 Å². The predicted octanol–water partition coefficient (Wildman–Crippen LogP) is 17.9. The molecule has 0 bridgehead atoms. The molecular formula is C109H128O3. The molecule has 42 aliphatic carbocycles. The molecule has 0 heterocycles. The molecule has 3 nitrogen and oxygen atoms in total. The first kappa shape index (κ1) is 57.9. The van der Waals surface area contributed by atoms with Crippen molar-refractivity contribution < 1.29 is 14.4 Å². The fourth-order valence-corrected chi connectivity index (χ4v) is 66.2. The Morgan fingerprint density at radius 1 is 0.143 bits per heavy atom. The van der Waals surface area contributed by atoms with Gasteiger partial charge in [-0.05, 0) is 578 Å². The Bertz CT molecular complexity index is 4490. The van der Waals surface area contributed by atoms with E-state index in [1.54, 1.807) is 70.6 Å². The zero-order valence-electron chi connectivity index (χ0n) is 66.8. The van der Waals surface area contributed by atoms with Crippen LogP contribution in [0.25, 0.3) is 0 Å². The van der Waals surface area contributed by atoms with Gasteiger partial charge in [0.25, 0.3) is 0 Å². The van der Waals surface area contributed by atoms with E-state index in [1.165, 1.54) is 70.6 Å². The van der Waals surface area contributed by atoms with Crippen LogP contribution in [0.4, 0.5) is 0 Å². The van der Waals surface area contributed by atoms with E-state index in [2.05, 4.69) is 0 Å². The fraction of sp³-hybridized carbons (Fsp3) is 0.954. The summed E-state index contributed by atoms with van der Waals surface area (Å²) in [6, 6.07) is 0. The summed E-state index contributed by atoms with van der Waals surface area (Å²) in [5, 5.41) is 0. The van der Waals surface area contributed by atoms with Gasteiger partial charge in [-0.15, -0.1) is 0 Å². The minimum Gasteiger partial charge on any atom is -0.299 e. The van der Waals surface area contributed by atoms with Crippen LogP contribution in [0.1, 0.15) is 141 Å². The first-order valence-electron chi connectivity index (χ1n) is 53.7. The van der Waals surface area contributed by atoms with Gasteiger partial charge in [-0.1, -0.05) is 25.0 Å². The van der Waals surface area contributed by atoms with Crippen LogP contribution in [-0.2, 0) is 14.4 Å². The maximum Gasteiger partial charge on any atom is 0.139 e. The molecule has 0 amide bonds. The summed E-state index contributed by atoms with van der Waals surface area (Å²) in [6.07, 6.45) is 33.6. The van der Waals surface area contributed by atoms with Gasteiger partial charge in [-0.25, -0.2) is 0 Å². The summed E-state index contributed by atoms with van der Waals surface area (Å²) in [6.45, 7) is 5.81. The summed E-state index contributed by atoms with van der Waals surface area (Å²) in [5.74, 6) is 81.4. The Hall–Kier alpha value is -1.25. The van der Waals surface area contributed by atoms with Crippen LogP contribution in [0.3, 0.4) is 0 Å². The Morgan fingerprint density at radius 2 is 0.357 bits per heavy atom. The van der Waals surface area contributed by atoms with Gasteiger partial charge in [-0.2, -0.15) is 0 Å². The molecule has 0 spiro atoms. The average Bonchev–Trinajstić information content (AvgIpc) is 0.760. The highest BCUT2D eigenvalue weighted by atomic mass is 16.1. The highest BCUT2D eigenvalue weighted by molar-refractivity contribution is 5.89. The highest BCUT2D eigenvalue weighted by Gasteiger charge is 2.97. The van der Waals surface area contributed by atoms with Crippen molar-refractivity contribution in [2.75, 3.05) is 0 Å². The lowest BCUT2D eigenvalue weighted by Crippen LogP contribution is -2.90. The monoisotopic (exact) mass is 1480 g/mol. The predicted molar refractivity (Wildman–Crippen MR) is 412 cm³/mol. The molecule has 42 fully saturated rings. The Labute approximate surface area is 666 Å². The number of carbonyl (C=O) groups excluding carboxylic acids is 3. The van der Waals surface area contributed by atoms with E-state index < -0.39 is 0 Å². The number of hydrogen-bond donors (Lipinski definition) is 0. The number of hydrogen-bond acceptors (Lipinski definition) is 3. The van der Waals surface area contributed by atoms with Crippen molar-refractivity contribution in [2.45, 2.75) is 141 Å². The highest BCUT2D eigenvalue weighted by Crippen LogP contribution is 3.00. The molecule has 42 aliphatic rings. The standard InChI is InChI=1S/C109H128O3/c1-24-29-12-13-34-32-10-8-25-16-27-19-41-31-5-3-7-37-54(31)69-47(108(37)111)22-44-45-23-48-70-60-38(109(48)112)15-14-35-33-11-9-26-17-28-18-40-30-4-2-6-36-53(30)68-46(107(36)110)21-43-42-20-39(24)61-55(29)58(34)81-79-56(32)49(25)71-51(27)74-63(41)76(69)65(44)84-86-67(45)78(70)92-82(59(35)60)80-57(33)50(26)72-52(28)73-62(40)75(68)64(43)83-85-66(42)77(61)91(81)99-95(85)103-98(89(73)83)88(72)94(80)102-100(92)96(86)104-97(90(74)84)87(71)93(79)101(99)105(104)106(102)103/h25-106H,1-23H2. The lowest BCUT2D eigenvalue weighted by molar-refractivity contribution is -0.468. The molecule has 3 heteroatoms. The zero-order chi connectivity index (χ0) is 69.2. The molecule has 0 aliphatic heterocycles. The van der Waals surface area contributed by atoms with Crippen LogP contribution in [-0.4, -0.2) is 17.3 Å². The number of ketones is 3. The maximum absolute atomic E-state index is 17.1. The summed E-state index contributed by atoms with van der Waals surface area (Å²) >= 11 is 0. The van der Waals surface area contributed by atoms with Crippen LogP contribution in [0, 0.1) is 485 Å². The van der Waals surface area contributed by atoms with Crippen LogP contribution >= 0.6 is 0 Å². The minimum absolute atomic E-state index is 0.406. The van der Waals surface area contributed by atoms with Gasteiger partial charge in [0.05, 0.1) is 0 Å². The SMILES string of the molecule is C=C1C2CCC3C4CCC5CC6CC7C8CCCC9C(=O)C%10CC%11C%12CC%13C(=O)C%14CCC%15C%16CCC%17CC%18CC%19C%20CCCC%21C(=O)C%22CC%23C%24CC1C1C2C3C2C3C4C5C4C6C5C7C(C%10C98)C%11C6C7C%12C8C%13C%14C%15C9C%10C%16C%17C%11C%18C%12C%19C(C%22C%21%20)C%23C%13C%14C%24C1C2C1C%14C2C(C%12%13)C%11C%10C%10C(C89)C7C7C(C56)C4C3C1C7C2%10. The van der Waals surface area contributed by atoms with Gasteiger partial charge >= 0.3 is 0 Å². The van der Waals surface area contributed by atoms with E-state index in [9.17, 15) is 0 Å². The third-order valence-corrected chi connectivity index (χ3v) is 61.5. The number of allylic oxidation sites excluding steroid dienone is 1. The molecule has 112 heavy (non-hydrogen) atoms. The van der Waals surface area contributed by atoms with Gasteiger partial charge in [0, 0.05) is 35.5 Å². The molecule has 42 rings (SSSR count). The molecular weight excluding hydrogens is 1360 g/mol. The van der Waals surface area contributed by atoms with E-state index >= 15 is 14.4 Å². The minimum atomic E-state index is 0.406. The fourth-order valence-electron chi connectivity index (χ4n) is 66.2. The third-order valence-electron chi connectivity index (χ3n) is 61.5. The molecule has 0 N–H and O–H groups in total. The van der Waals surface area contributed by atoms with Gasteiger partial charge in [0.15, 0.2) is 0 Å². The van der Waals surface area contributed by atoms with E-state index in [0.29, 0.717) is 35.5 Å². The van der Waals surface area contributed by atoms with Crippen molar-refractivity contribution >= 4 is 17.3 Å². The number of fused-ring (bicyclic) bond motifs is 6. The second-order valence-electron chi connectivity index (χ2n) is 57.2. The molecule has 82 unspecified atom stereocenters. The number of Topliss-reactive ketones (excluding diaryl/α,β-unsaturated/α-hetero) is 3. The van der Waals surface area contributed by atoms with Crippen LogP contribution < -0.4 is 0 Å². The Morgan fingerprint density at radius 3 is 0.732 bits per heavy atom. The first-order chi connectivity index (χ1) is 55.4. The van der Waals surface area contributed by atoms with Crippen LogP contribution in [0.5, 0.6) is 0 Å². The van der Waals surface area contributed by atoms with Crippen molar-refractivity contribution in [3.05, 3.63) is 12.2 Å². The van der Waals surface area contributed by atoms with Crippen molar-refractivity contribution in [1.82, 2.24) is 0 Å². The molecule has 582 valence electrons. The summed E-state index contributed by atoms with van der Waals surface area (Å²) in [4.78, 5) is 50.3. The van der Waals surface area contributed by atoms with Crippen molar-refractivity contribution in [2.24, 2.45) is 485 Å². The molecule has 42 saturated carbocycles. The van der Waals surface area contributed by atoms with E-state index in [-0.39, 0.29) is 0 Å². The maximum atomic E-state index is 17.1. The van der Waals surface area contributed by atoms with Gasteiger partial charge in [0.1, 0.15) is 17.3 Å². The zero-order valence-corrected chi connectivity index (χ0v) is 66.8. The lowest BCUT2D eigenvalue weighted by atomic mass is 9.11. The lowest BCUT2D eigenvalue weighted by Gasteiger charge is -2.93. The largest absolute Gasteiger partial charge is 0.299 e. The van der Waals surface area contributed by atoms with Crippen LogP contribution in [0.15, 0.2) is 12.2 Å². The quantitative estimate of drug-likeness (QED) is 0.227. The summed E-state index contributed by atoms with van der Waals surface area (Å²) < 4.78 is 0. The average molecular weight is 1490 g/mol. The van der Waals surface area contributed by atoms with Gasteiger partial charge in [-0.3, -0.25) is 14.4 Å². The van der Waals surface area contributed by atoms with Gasteiger partial charge in [0.2, 0.25) is 0 Å². The van der Waals surface area contributed by atoms with Crippen molar-refractivity contribution in [3.8, 4) is 0 Å². The van der Waals surface area contributed by atoms with E-state index in [1.807, 2.05) is 5.57 Å². The normalized spacial score (nSPS) is 85.1. The summed E-state index contributed by atoms with van der Waals surface area (Å²) in [5.41, 5.74) is 1.94. The second kappa shape index (κ2) is 16.7. The second-order valence-corrected chi connectivity index (χ2v) is 57.2. The topological polar surface area (TPSA) is 51.2 Å². The Balaban J connectivity index is 0.634. The number of rotatable bonds is 0. The first-order valence-corrected chi connectivity index (χ1v) is 53.7. The van der Waals surface area contributed by atoms with Gasteiger partial charge < -0.3 is 0 Å². The Kier molecular flexibility index (Phi) is 8.64. The number of carbonyl (C=O) groups is 3. The molecule has 82 atom stereocenters. The van der Waals surface area contributed by atoms with E-state index in [0.717, 1.165) is 467 Å². The van der Waals surface area contributed by atoms with Crippen molar-refractivity contribution in [3.63, 3.8) is 0 Å². The summed E-state index contributed by atoms with van der Waals surface area (Å²) in [7, 11) is 0. The molecule has 0 saturated heterocycles. The molecule has 0 aromatic heterocycles. The third kappa shape index (κ3) is 4.77. The smallest absolute Gasteiger partial charge is 0.139 e.